The first-order chi connectivity index (χ1) is 15.7. The maximum absolute atomic E-state index is 13.0. The molecule has 9 nitrogen and oxygen atoms in total. The van der Waals surface area contributed by atoms with Gasteiger partial charge in [-0.1, -0.05) is 18.2 Å². The molecule has 3 aromatic heterocycles. The Labute approximate surface area is 187 Å². The van der Waals surface area contributed by atoms with Gasteiger partial charge in [-0.15, -0.1) is 11.3 Å². The van der Waals surface area contributed by atoms with Gasteiger partial charge in [-0.25, -0.2) is 15.0 Å². The Morgan fingerprint density at radius 1 is 1.16 bits per heavy atom. The van der Waals surface area contributed by atoms with Crippen molar-refractivity contribution in [2.75, 3.05) is 25.0 Å². The third-order valence-corrected chi connectivity index (χ3v) is 5.79. The Morgan fingerprint density at radius 3 is 2.88 bits per heavy atom. The second-order valence-corrected chi connectivity index (χ2v) is 8.00. The standard InChI is InChI=1S/C22H18N6O3S/c29-20(27-22-25-7-10-32-22)15-11-17(26-16-4-2-1-3-14(15)16)19-13-28(8-9-31-19)21(30)18-12-23-5-6-24-18/h1-7,10-12,19H,8-9,13H2,(H,25,27,29)/t19-/m0/s1. The number of carbonyl (C=O) groups is 2. The number of fused-ring (bicyclic) bond motifs is 1. The van der Waals surface area contributed by atoms with Gasteiger partial charge >= 0.3 is 0 Å². The zero-order valence-electron chi connectivity index (χ0n) is 16.8. The number of para-hydroxylation sites is 1. The number of benzene rings is 1. The number of ether oxygens (including phenoxy) is 1. The topological polar surface area (TPSA) is 110 Å². The number of rotatable bonds is 4. The molecule has 1 aliphatic rings. The summed E-state index contributed by atoms with van der Waals surface area (Å²) in [4.78, 5) is 44.4. The maximum Gasteiger partial charge on any atom is 0.274 e. The zero-order valence-corrected chi connectivity index (χ0v) is 17.7. The van der Waals surface area contributed by atoms with E-state index in [4.69, 9.17) is 9.72 Å². The van der Waals surface area contributed by atoms with Gasteiger partial charge < -0.3 is 9.64 Å². The second kappa shape index (κ2) is 8.77. The molecule has 4 heterocycles. The molecule has 1 atom stereocenters. The molecule has 4 aromatic rings. The fourth-order valence-corrected chi connectivity index (χ4v) is 4.11. The molecule has 2 amide bonds. The molecule has 0 saturated carbocycles. The summed E-state index contributed by atoms with van der Waals surface area (Å²) < 4.78 is 5.94. The molecule has 10 heteroatoms. The molecular formula is C22H18N6O3S. The highest BCUT2D eigenvalue weighted by atomic mass is 32.1. The average Bonchev–Trinajstić information content (AvgIpc) is 3.36. The van der Waals surface area contributed by atoms with Crippen molar-refractivity contribution in [2.24, 2.45) is 0 Å². The van der Waals surface area contributed by atoms with E-state index in [2.05, 4.69) is 20.3 Å². The van der Waals surface area contributed by atoms with E-state index in [0.29, 0.717) is 41.6 Å². The molecule has 32 heavy (non-hydrogen) atoms. The Morgan fingerprint density at radius 2 is 2.06 bits per heavy atom. The van der Waals surface area contributed by atoms with Crippen molar-refractivity contribution in [1.82, 2.24) is 24.8 Å². The lowest BCUT2D eigenvalue weighted by Crippen LogP contribution is -2.42. The summed E-state index contributed by atoms with van der Waals surface area (Å²) in [7, 11) is 0. The predicted molar refractivity (Wildman–Crippen MR) is 118 cm³/mol. The van der Waals surface area contributed by atoms with Crippen LogP contribution in [0.4, 0.5) is 5.13 Å². The molecule has 1 N–H and O–H groups in total. The molecule has 0 bridgehead atoms. The Kier molecular flexibility index (Phi) is 5.53. The van der Waals surface area contributed by atoms with Crippen LogP contribution in [0.2, 0.25) is 0 Å². The third-order valence-electron chi connectivity index (χ3n) is 5.10. The number of morpholine rings is 1. The molecule has 1 saturated heterocycles. The summed E-state index contributed by atoms with van der Waals surface area (Å²) in [6.07, 6.45) is 5.62. The minimum atomic E-state index is -0.472. The van der Waals surface area contributed by atoms with Crippen LogP contribution >= 0.6 is 11.3 Å². The molecular weight excluding hydrogens is 428 g/mol. The van der Waals surface area contributed by atoms with Gasteiger partial charge in [-0.05, 0) is 12.1 Å². The first kappa shape index (κ1) is 20.2. The van der Waals surface area contributed by atoms with E-state index < -0.39 is 6.10 Å². The minimum absolute atomic E-state index is 0.214. The van der Waals surface area contributed by atoms with Crippen LogP contribution in [0, 0.1) is 0 Å². The van der Waals surface area contributed by atoms with Crippen LogP contribution in [-0.4, -0.2) is 56.3 Å². The van der Waals surface area contributed by atoms with Crippen LogP contribution < -0.4 is 5.32 Å². The summed E-state index contributed by atoms with van der Waals surface area (Å²) in [5.74, 6) is -0.489. The predicted octanol–water partition coefficient (Wildman–Crippen LogP) is 2.95. The van der Waals surface area contributed by atoms with Crippen molar-refractivity contribution in [1.29, 1.82) is 0 Å². The van der Waals surface area contributed by atoms with Crippen LogP contribution in [0.5, 0.6) is 0 Å². The fourth-order valence-electron chi connectivity index (χ4n) is 3.58. The summed E-state index contributed by atoms with van der Waals surface area (Å²) in [5, 5.41) is 5.88. The summed E-state index contributed by atoms with van der Waals surface area (Å²) in [6, 6.07) is 9.17. The number of pyridine rings is 1. The molecule has 0 spiro atoms. The number of nitrogens with zero attached hydrogens (tertiary/aromatic N) is 5. The normalized spacial score (nSPS) is 16.1. The average molecular weight is 446 g/mol. The third kappa shape index (κ3) is 4.05. The smallest absolute Gasteiger partial charge is 0.274 e. The molecule has 1 fully saturated rings. The number of thiazole rings is 1. The SMILES string of the molecule is O=C(Nc1nccs1)c1cc([C@@H]2CN(C(=O)c3cnccn3)CCO2)nc2ccccc12. The van der Waals surface area contributed by atoms with Crippen molar-refractivity contribution in [3.8, 4) is 0 Å². The van der Waals surface area contributed by atoms with Gasteiger partial charge in [0.2, 0.25) is 0 Å². The van der Waals surface area contributed by atoms with Gasteiger partial charge in [-0.3, -0.25) is 19.9 Å². The molecule has 160 valence electrons. The highest BCUT2D eigenvalue weighted by Gasteiger charge is 2.29. The Bertz CT molecular complexity index is 1270. The summed E-state index contributed by atoms with van der Waals surface area (Å²) in [6.45, 7) is 1.09. The van der Waals surface area contributed by atoms with Crippen molar-refractivity contribution < 1.29 is 14.3 Å². The monoisotopic (exact) mass is 446 g/mol. The Balaban J connectivity index is 1.46. The molecule has 0 unspecified atom stereocenters. The molecule has 1 aliphatic heterocycles. The van der Waals surface area contributed by atoms with Gasteiger partial charge in [0.1, 0.15) is 11.8 Å². The number of anilines is 1. The largest absolute Gasteiger partial charge is 0.368 e. The van der Waals surface area contributed by atoms with E-state index in [0.717, 1.165) is 5.39 Å². The van der Waals surface area contributed by atoms with Gasteiger partial charge in [0.05, 0.1) is 36.1 Å². The first-order valence-corrected chi connectivity index (χ1v) is 10.8. The number of amides is 2. The Hall–Kier alpha value is -3.76. The van der Waals surface area contributed by atoms with E-state index in [1.54, 1.807) is 22.5 Å². The lowest BCUT2D eigenvalue weighted by atomic mass is 10.0. The van der Waals surface area contributed by atoms with Gasteiger partial charge in [0, 0.05) is 35.9 Å². The quantitative estimate of drug-likeness (QED) is 0.513. The van der Waals surface area contributed by atoms with Crippen molar-refractivity contribution in [2.45, 2.75) is 6.10 Å². The summed E-state index contributed by atoms with van der Waals surface area (Å²) in [5.41, 5.74) is 2.02. The van der Waals surface area contributed by atoms with E-state index in [1.165, 1.54) is 29.9 Å². The van der Waals surface area contributed by atoms with Crippen LogP contribution in [-0.2, 0) is 4.74 Å². The fraction of sp³-hybridized carbons (Fsp3) is 0.182. The number of carbonyl (C=O) groups excluding carboxylic acids is 2. The van der Waals surface area contributed by atoms with Crippen molar-refractivity contribution in [3.63, 3.8) is 0 Å². The molecule has 0 aliphatic carbocycles. The highest BCUT2D eigenvalue weighted by molar-refractivity contribution is 7.13. The second-order valence-electron chi connectivity index (χ2n) is 7.10. The van der Waals surface area contributed by atoms with Crippen molar-refractivity contribution in [3.05, 3.63) is 77.5 Å². The van der Waals surface area contributed by atoms with Gasteiger partial charge in [-0.2, -0.15) is 0 Å². The molecule has 5 rings (SSSR count). The van der Waals surface area contributed by atoms with Crippen molar-refractivity contribution >= 4 is 39.2 Å². The van der Waals surface area contributed by atoms with Crippen LogP contribution in [0.3, 0.4) is 0 Å². The molecule has 1 aromatic carbocycles. The number of aromatic nitrogens is 4. The zero-order chi connectivity index (χ0) is 21.9. The van der Waals surface area contributed by atoms with E-state index >= 15 is 0 Å². The lowest BCUT2D eigenvalue weighted by Gasteiger charge is -2.32. The van der Waals surface area contributed by atoms with E-state index in [-0.39, 0.29) is 17.5 Å². The minimum Gasteiger partial charge on any atom is -0.368 e. The highest BCUT2D eigenvalue weighted by Crippen LogP contribution is 2.27. The molecule has 0 radical (unpaired) electrons. The maximum atomic E-state index is 13.0. The van der Waals surface area contributed by atoms with Crippen LogP contribution in [0.15, 0.2) is 60.5 Å². The van der Waals surface area contributed by atoms with Crippen LogP contribution in [0.1, 0.15) is 32.6 Å². The number of nitrogens with one attached hydrogen (secondary N) is 1. The van der Waals surface area contributed by atoms with Gasteiger partial charge in [0.15, 0.2) is 5.13 Å². The van der Waals surface area contributed by atoms with E-state index in [9.17, 15) is 9.59 Å². The van der Waals surface area contributed by atoms with Gasteiger partial charge in [0.25, 0.3) is 11.8 Å². The number of hydrogen-bond donors (Lipinski definition) is 1. The van der Waals surface area contributed by atoms with E-state index in [1.807, 2.05) is 24.3 Å². The lowest BCUT2D eigenvalue weighted by molar-refractivity contribution is -0.0248. The first-order valence-electron chi connectivity index (χ1n) is 9.96. The number of hydrogen-bond acceptors (Lipinski definition) is 8. The van der Waals surface area contributed by atoms with Crippen LogP contribution in [0.25, 0.3) is 10.9 Å². The summed E-state index contributed by atoms with van der Waals surface area (Å²) >= 11 is 1.35.